The molecule has 2 aliphatic rings. The summed E-state index contributed by atoms with van der Waals surface area (Å²) in [5, 5.41) is 5.55. The Morgan fingerprint density at radius 1 is 1.17 bits per heavy atom. The number of hydrogen-bond donors (Lipinski definition) is 2. The summed E-state index contributed by atoms with van der Waals surface area (Å²) < 4.78 is 5.45. The molecule has 0 saturated carbocycles. The molecule has 0 radical (unpaired) electrons. The highest BCUT2D eigenvalue weighted by Crippen LogP contribution is 2.34. The van der Waals surface area contributed by atoms with Crippen LogP contribution in [-0.4, -0.2) is 30.9 Å². The predicted molar refractivity (Wildman–Crippen MR) is 114 cm³/mol. The van der Waals surface area contributed by atoms with Gasteiger partial charge in [0.05, 0.1) is 0 Å². The Labute approximate surface area is 177 Å². The molecule has 1 aliphatic heterocycles. The second-order valence-electron chi connectivity index (χ2n) is 7.78. The number of carbonyl (C=O) groups excluding carboxylic acids is 3. The standard InChI is InChI=1S/C24H28N2O4/c1-15-5-4-6-18(11-12-20-16(2)24(29)30-21(20)13-15)23(28)26-14-17-7-9-19(10-8-17)22(27)25-3/h6-10,13,20-21H,2,4-5,11-12,14H2,1,3H3,(H,25,27)(H,26,28)/b15-13?,18-6+/t20-,21+/m1/s1. The molecule has 0 aromatic heterocycles. The van der Waals surface area contributed by atoms with Crippen LogP contribution in [-0.2, 0) is 20.9 Å². The first kappa shape index (κ1) is 21.6. The highest BCUT2D eigenvalue weighted by Gasteiger charge is 2.37. The third kappa shape index (κ3) is 5.06. The first-order chi connectivity index (χ1) is 14.4. The number of benzene rings is 1. The fourth-order valence-corrected chi connectivity index (χ4v) is 3.79. The normalized spacial score (nSPS) is 23.4. The van der Waals surface area contributed by atoms with E-state index in [-0.39, 0.29) is 29.8 Å². The third-order valence-electron chi connectivity index (χ3n) is 5.64. The largest absolute Gasteiger partial charge is 0.454 e. The van der Waals surface area contributed by atoms with E-state index >= 15 is 0 Å². The molecule has 1 aromatic rings. The lowest BCUT2D eigenvalue weighted by molar-refractivity contribution is -0.137. The number of rotatable bonds is 4. The average molecular weight is 408 g/mol. The molecule has 30 heavy (non-hydrogen) atoms. The molecule has 1 fully saturated rings. The van der Waals surface area contributed by atoms with Gasteiger partial charge in [-0.1, -0.05) is 30.4 Å². The van der Waals surface area contributed by atoms with Crippen molar-refractivity contribution in [2.45, 2.75) is 45.3 Å². The Morgan fingerprint density at radius 2 is 1.90 bits per heavy atom. The predicted octanol–water partition coefficient (Wildman–Crippen LogP) is 3.21. The zero-order valence-corrected chi connectivity index (χ0v) is 17.5. The van der Waals surface area contributed by atoms with E-state index in [0.717, 1.165) is 29.6 Å². The minimum Gasteiger partial charge on any atom is -0.454 e. The van der Waals surface area contributed by atoms with Gasteiger partial charge in [-0.3, -0.25) is 9.59 Å². The molecule has 3 rings (SSSR count). The zero-order valence-electron chi connectivity index (χ0n) is 17.5. The number of allylic oxidation sites excluding steroid dienone is 2. The van der Waals surface area contributed by atoms with Crippen LogP contribution < -0.4 is 10.6 Å². The van der Waals surface area contributed by atoms with Gasteiger partial charge in [-0.25, -0.2) is 4.79 Å². The minimum absolute atomic E-state index is 0.0981. The Bertz CT molecular complexity index is 912. The van der Waals surface area contributed by atoms with Gasteiger partial charge in [0.15, 0.2) is 0 Å². The molecule has 2 N–H and O–H groups in total. The first-order valence-electron chi connectivity index (χ1n) is 10.2. The van der Waals surface area contributed by atoms with Crippen LogP contribution in [0.5, 0.6) is 0 Å². The quantitative estimate of drug-likeness (QED) is 0.455. The molecule has 1 aliphatic carbocycles. The van der Waals surface area contributed by atoms with E-state index in [1.165, 1.54) is 0 Å². The van der Waals surface area contributed by atoms with Gasteiger partial charge in [-0.2, -0.15) is 0 Å². The van der Waals surface area contributed by atoms with E-state index in [2.05, 4.69) is 17.2 Å². The number of nitrogens with one attached hydrogen (secondary N) is 2. The van der Waals surface area contributed by atoms with Gasteiger partial charge in [-0.05, 0) is 56.4 Å². The summed E-state index contributed by atoms with van der Waals surface area (Å²) in [6.07, 6.45) is 6.49. The Balaban J connectivity index is 1.64. The molecule has 6 nitrogen and oxygen atoms in total. The van der Waals surface area contributed by atoms with Crippen molar-refractivity contribution in [3.8, 4) is 0 Å². The number of fused-ring (bicyclic) bond motifs is 1. The van der Waals surface area contributed by atoms with Gasteiger partial charge in [0.1, 0.15) is 6.10 Å². The molecule has 0 spiro atoms. The van der Waals surface area contributed by atoms with Crippen LogP contribution >= 0.6 is 0 Å². The van der Waals surface area contributed by atoms with Crippen molar-refractivity contribution in [1.82, 2.24) is 10.6 Å². The van der Waals surface area contributed by atoms with E-state index in [9.17, 15) is 14.4 Å². The SMILES string of the molecule is C=C1C(=O)O[C@H]2C=C(C)CC/C=C(/C(=O)NCc3ccc(C(=O)NC)cc3)CC[C@H]12. The van der Waals surface area contributed by atoms with Crippen molar-refractivity contribution >= 4 is 17.8 Å². The highest BCUT2D eigenvalue weighted by molar-refractivity contribution is 5.94. The van der Waals surface area contributed by atoms with Crippen LogP contribution in [0.25, 0.3) is 0 Å². The topological polar surface area (TPSA) is 84.5 Å². The van der Waals surface area contributed by atoms with Crippen molar-refractivity contribution in [2.24, 2.45) is 5.92 Å². The Morgan fingerprint density at radius 3 is 2.60 bits per heavy atom. The Kier molecular flexibility index (Phi) is 6.87. The minimum atomic E-state index is -0.344. The van der Waals surface area contributed by atoms with Crippen molar-refractivity contribution in [2.75, 3.05) is 7.05 Å². The van der Waals surface area contributed by atoms with Gasteiger partial charge in [0.2, 0.25) is 5.91 Å². The van der Waals surface area contributed by atoms with E-state index in [4.69, 9.17) is 4.74 Å². The van der Waals surface area contributed by atoms with Gasteiger partial charge in [0, 0.05) is 36.2 Å². The second kappa shape index (κ2) is 9.57. The average Bonchev–Trinajstić information content (AvgIpc) is 3.01. The summed E-state index contributed by atoms with van der Waals surface area (Å²) in [7, 11) is 1.59. The van der Waals surface area contributed by atoms with Crippen molar-refractivity contribution < 1.29 is 19.1 Å². The number of carbonyl (C=O) groups is 3. The third-order valence-corrected chi connectivity index (χ3v) is 5.64. The smallest absolute Gasteiger partial charge is 0.334 e. The highest BCUT2D eigenvalue weighted by atomic mass is 16.5. The number of esters is 1. The second-order valence-corrected chi connectivity index (χ2v) is 7.78. The molecule has 158 valence electrons. The van der Waals surface area contributed by atoms with Crippen LogP contribution in [0.3, 0.4) is 0 Å². The summed E-state index contributed by atoms with van der Waals surface area (Å²) in [6.45, 7) is 6.29. The maximum atomic E-state index is 12.8. The maximum Gasteiger partial charge on any atom is 0.334 e. The lowest BCUT2D eigenvalue weighted by Gasteiger charge is -2.18. The van der Waals surface area contributed by atoms with E-state index in [0.29, 0.717) is 30.5 Å². The molecule has 2 amide bonds. The molecular formula is C24H28N2O4. The van der Waals surface area contributed by atoms with Crippen LogP contribution in [0.4, 0.5) is 0 Å². The number of hydrogen-bond acceptors (Lipinski definition) is 4. The number of amides is 2. The molecule has 1 heterocycles. The summed E-state index contributed by atoms with van der Waals surface area (Å²) in [5.74, 6) is -0.696. The van der Waals surface area contributed by atoms with Gasteiger partial charge >= 0.3 is 5.97 Å². The van der Waals surface area contributed by atoms with E-state index < -0.39 is 0 Å². The Hall–Kier alpha value is -3.15. The summed E-state index contributed by atoms with van der Waals surface area (Å²) in [6, 6.07) is 7.13. The maximum absolute atomic E-state index is 12.8. The fourth-order valence-electron chi connectivity index (χ4n) is 3.79. The fraction of sp³-hybridized carbons (Fsp3) is 0.375. The van der Waals surface area contributed by atoms with Crippen LogP contribution in [0, 0.1) is 5.92 Å². The van der Waals surface area contributed by atoms with Crippen LogP contribution in [0.1, 0.15) is 48.5 Å². The van der Waals surface area contributed by atoms with Gasteiger partial charge in [0.25, 0.3) is 5.91 Å². The van der Waals surface area contributed by atoms with E-state index in [1.54, 1.807) is 19.2 Å². The van der Waals surface area contributed by atoms with Gasteiger partial charge in [-0.15, -0.1) is 0 Å². The summed E-state index contributed by atoms with van der Waals surface area (Å²) in [5.41, 5.74) is 3.84. The van der Waals surface area contributed by atoms with Crippen molar-refractivity contribution in [1.29, 1.82) is 0 Å². The molecule has 2 atom stereocenters. The summed E-state index contributed by atoms with van der Waals surface area (Å²) in [4.78, 5) is 36.4. The lowest BCUT2D eigenvalue weighted by atomic mass is 9.87. The van der Waals surface area contributed by atoms with Crippen molar-refractivity contribution in [3.05, 3.63) is 70.8 Å². The van der Waals surface area contributed by atoms with Crippen LogP contribution in [0.15, 0.2) is 59.7 Å². The molecular weight excluding hydrogens is 380 g/mol. The number of ether oxygens (including phenoxy) is 1. The van der Waals surface area contributed by atoms with Gasteiger partial charge < -0.3 is 15.4 Å². The van der Waals surface area contributed by atoms with Crippen LogP contribution in [0.2, 0.25) is 0 Å². The molecule has 6 heteroatoms. The molecule has 1 aromatic carbocycles. The first-order valence-corrected chi connectivity index (χ1v) is 10.2. The van der Waals surface area contributed by atoms with Crippen molar-refractivity contribution in [3.63, 3.8) is 0 Å². The molecule has 0 unspecified atom stereocenters. The summed E-state index contributed by atoms with van der Waals surface area (Å²) >= 11 is 0. The zero-order chi connectivity index (χ0) is 21.7. The molecule has 1 saturated heterocycles. The van der Waals surface area contributed by atoms with E-state index in [1.807, 2.05) is 31.2 Å². The monoisotopic (exact) mass is 408 g/mol. The molecule has 0 bridgehead atoms. The lowest BCUT2D eigenvalue weighted by Crippen LogP contribution is -2.26.